The number of nitrogens with zero attached hydrogens (tertiary/aromatic N) is 1. The van der Waals surface area contributed by atoms with Crippen LogP contribution in [-0.4, -0.2) is 47.2 Å². The summed E-state index contributed by atoms with van der Waals surface area (Å²) in [5.41, 5.74) is 1.56. The lowest BCUT2D eigenvalue weighted by molar-refractivity contribution is -0.145. The van der Waals surface area contributed by atoms with Crippen molar-refractivity contribution in [3.05, 3.63) is 42.0 Å². The van der Waals surface area contributed by atoms with Crippen molar-refractivity contribution in [3.8, 4) is 11.5 Å². The summed E-state index contributed by atoms with van der Waals surface area (Å²) in [6.07, 6.45) is 3.99. The number of benzene rings is 1. The van der Waals surface area contributed by atoms with Crippen molar-refractivity contribution in [1.29, 1.82) is 0 Å². The number of H-pyrrole nitrogens is 1. The van der Waals surface area contributed by atoms with Gasteiger partial charge >= 0.3 is 5.97 Å². The lowest BCUT2D eigenvalue weighted by atomic mass is 10.1. The Labute approximate surface area is 145 Å². The van der Waals surface area contributed by atoms with E-state index >= 15 is 0 Å². The Morgan fingerprint density at radius 3 is 2.80 bits per heavy atom. The van der Waals surface area contributed by atoms with Gasteiger partial charge in [0.05, 0.1) is 20.5 Å². The van der Waals surface area contributed by atoms with Crippen LogP contribution in [0.25, 0.3) is 0 Å². The minimum Gasteiger partial charge on any atom is -0.504 e. The van der Waals surface area contributed by atoms with Gasteiger partial charge < -0.3 is 24.9 Å². The molecule has 134 valence electrons. The average molecular weight is 347 g/mol. The molecule has 0 spiro atoms. The maximum atomic E-state index is 12.2. The molecule has 0 radical (unpaired) electrons. The van der Waals surface area contributed by atoms with Gasteiger partial charge in [0.2, 0.25) is 5.91 Å². The summed E-state index contributed by atoms with van der Waals surface area (Å²) < 4.78 is 9.78. The molecule has 0 aliphatic rings. The first-order valence-electron chi connectivity index (χ1n) is 7.73. The van der Waals surface area contributed by atoms with Crippen LogP contribution in [0.15, 0.2) is 30.7 Å². The summed E-state index contributed by atoms with van der Waals surface area (Å²) in [7, 11) is 2.74. The number of aromatic hydroxyl groups is 1. The van der Waals surface area contributed by atoms with Crippen molar-refractivity contribution in [3.63, 3.8) is 0 Å². The van der Waals surface area contributed by atoms with E-state index in [0.29, 0.717) is 12.2 Å². The number of esters is 1. The molecule has 2 rings (SSSR count). The number of methoxy groups -OCH3 is 2. The van der Waals surface area contributed by atoms with Gasteiger partial charge in [-0.25, -0.2) is 9.78 Å². The minimum atomic E-state index is -0.785. The van der Waals surface area contributed by atoms with E-state index < -0.39 is 12.0 Å². The predicted octanol–water partition coefficient (Wildman–Crippen LogP) is 0.957. The molecule has 0 unspecified atom stereocenters. The molecule has 0 fully saturated rings. The smallest absolute Gasteiger partial charge is 0.328 e. The second-order valence-electron chi connectivity index (χ2n) is 5.43. The third kappa shape index (κ3) is 5.23. The minimum absolute atomic E-state index is 0.0426. The maximum absolute atomic E-state index is 12.2. The molecule has 0 saturated heterocycles. The molecular formula is C17H21N3O5. The number of carbonyl (C=O) groups excluding carboxylic acids is 2. The number of imidazole rings is 1. The second-order valence-corrected chi connectivity index (χ2v) is 5.43. The quantitative estimate of drug-likeness (QED) is 0.613. The van der Waals surface area contributed by atoms with Crippen LogP contribution in [0.4, 0.5) is 0 Å². The topological polar surface area (TPSA) is 114 Å². The van der Waals surface area contributed by atoms with Gasteiger partial charge in [-0.1, -0.05) is 6.07 Å². The average Bonchev–Trinajstić information content (AvgIpc) is 3.12. The summed E-state index contributed by atoms with van der Waals surface area (Å²) >= 11 is 0. The Bertz CT molecular complexity index is 715. The molecular weight excluding hydrogens is 326 g/mol. The number of phenols is 1. The van der Waals surface area contributed by atoms with Gasteiger partial charge in [0.1, 0.15) is 6.04 Å². The van der Waals surface area contributed by atoms with E-state index in [0.717, 1.165) is 11.3 Å². The number of ether oxygens (including phenoxy) is 2. The zero-order valence-corrected chi connectivity index (χ0v) is 14.1. The van der Waals surface area contributed by atoms with Crippen LogP contribution in [0, 0.1) is 0 Å². The molecule has 0 aliphatic carbocycles. The van der Waals surface area contributed by atoms with E-state index in [2.05, 4.69) is 15.3 Å². The predicted molar refractivity (Wildman–Crippen MR) is 89.2 cm³/mol. The number of aromatic amines is 1. The molecule has 1 atom stereocenters. The molecule has 1 amide bonds. The highest BCUT2D eigenvalue weighted by Crippen LogP contribution is 2.26. The number of amides is 1. The van der Waals surface area contributed by atoms with Gasteiger partial charge in [-0.3, -0.25) is 4.79 Å². The Morgan fingerprint density at radius 2 is 2.16 bits per heavy atom. The van der Waals surface area contributed by atoms with Crippen LogP contribution in [-0.2, 0) is 27.2 Å². The van der Waals surface area contributed by atoms with Gasteiger partial charge in [-0.2, -0.15) is 0 Å². The van der Waals surface area contributed by atoms with E-state index in [1.165, 1.54) is 26.6 Å². The Balaban J connectivity index is 1.93. The van der Waals surface area contributed by atoms with Crippen LogP contribution in [0.1, 0.15) is 17.7 Å². The Morgan fingerprint density at radius 1 is 1.36 bits per heavy atom. The van der Waals surface area contributed by atoms with Crippen LogP contribution >= 0.6 is 0 Å². The number of carbonyl (C=O) groups is 2. The van der Waals surface area contributed by atoms with E-state index in [-0.39, 0.29) is 24.5 Å². The SMILES string of the molecule is COC(=O)[C@H](Cc1cnc[nH]1)NC(=O)CCc1ccc(O)c(OC)c1. The molecule has 8 nitrogen and oxygen atoms in total. The number of nitrogens with one attached hydrogen (secondary N) is 2. The van der Waals surface area contributed by atoms with Crippen molar-refractivity contribution >= 4 is 11.9 Å². The summed E-state index contributed by atoms with van der Waals surface area (Å²) in [4.78, 5) is 30.8. The highest BCUT2D eigenvalue weighted by atomic mass is 16.5. The van der Waals surface area contributed by atoms with Gasteiger partial charge in [-0.15, -0.1) is 0 Å². The van der Waals surface area contributed by atoms with Crippen LogP contribution in [0.2, 0.25) is 0 Å². The summed E-state index contributed by atoms with van der Waals surface area (Å²) in [6, 6.07) is 4.12. The first-order chi connectivity index (χ1) is 12.0. The molecule has 1 aromatic carbocycles. The largest absolute Gasteiger partial charge is 0.504 e. The molecule has 0 bridgehead atoms. The first-order valence-corrected chi connectivity index (χ1v) is 7.73. The molecule has 2 aromatic rings. The summed E-state index contributed by atoms with van der Waals surface area (Å²) in [6.45, 7) is 0. The zero-order chi connectivity index (χ0) is 18.2. The fourth-order valence-corrected chi connectivity index (χ4v) is 2.35. The van der Waals surface area contributed by atoms with Gasteiger partial charge in [0.15, 0.2) is 11.5 Å². The number of phenolic OH excluding ortho intramolecular Hbond substituents is 1. The van der Waals surface area contributed by atoms with Gasteiger partial charge in [0, 0.05) is 24.7 Å². The number of rotatable bonds is 8. The lowest BCUT2D eigenvalue weighted by Crippen LogP contribution is -2.43. The second kappa shape index (κ2) is 8.72. The molecule has 8 heteroatoms. The molecule has 3 N–H and O–H groups in total. The molecule has 25 heavy (non-hydrogen) atoms. The van der Waals surface area contributed by atoms with Gasteiger partial charge in [-0.05, 0) is 24.1 Å². The molecule has 0 aliphatic heterocycles. The number of hydrogen-bond donors (Lipinski definition) is 3. The molecule has 1 aromatic heterocycles. The lowest BCUT2D eigenvalue weighted by Gasteiger charge is -2.16. The monoisotopic (exact) mass is 347 g/mol. The van der Waals surface area contributed by atoms with Crippen molar-refractivity contribution in [2.24, 2.45) is 0 Å². The zero-order valence-electron chi connectivity index (χ0n) is 14.1. The Kier molecular flexibility index (Phi) is 6.39. The van der Waals surface area contributed by atoms with Crippen LogP contribution in [0.3, 0.4) is 0 Å². The number of hydrogen-bond acceptors (Lipinski definition) is 6. The standard InChI is InChI=1S/C17H21N3O5/c1-24-15-7-11(3-5-14(15)21)4-6-16(22)20-13(17(23)25-2)8-12-9-18-10-19-12/h3,5,7,9-10,13,21H,4,6,8H2,1-2H3,(H,18,19)(H,20,22)/t13-/m0/s1. The van der Waals surface area contributed by atoms with Crippen molar-refractivity contribution in [1.82, 2.24) is 15.3 Å². The van der Waals surface area contributed by atoms with Crippen molar-refractivity contribution < 1.29 is 24.2 Å². The van der Waals surface area contributed by atoms with E-state index in [1.807, 2.05) is 0 Å². The van der Waals surface area contributed by atoms with Crippen LogP contribution < -0.4 is 10.1 Å². The molecule has 0 saturated carbocycles. The summed E-state index contributed by atoms with van der Waals surface area (Å²) in [5.74, 6) is -0.401. The van der Waals surface area contributed by atoms with E-state index in [4.69, 9.17) is 9.47 Å². The third-order valence-electron chi connectivity index (χ3n) is 3.68. The Hall–Kier alpha value is -3.03. The number of aryl methyl sites for hydroxylation is 1. The first kappa shape index (κ1) is 18.3. The highest BCUT2D eigenvalue weighted by molar-refractivity contribution is 5.84. The van der Waals surface area contributed by atoms with Crippen LogP contribution in [0.5, 0.6) is 11.5 Å². The van der Waals surface area contributed by atoms with Gasteiger partial charge in [0.25, 0.3) is 0 Å². The molecule has 1 heterocycles. The fourth-order valence-electron chi connectivity index (χ4n) is 2.35. The van der Waals surface area contributed by atoms with E-state index in [1.54, 1.807) is 18.3 Å². The highest BCUT2D eigenvalue weighted by Gasteiger charge is 2.22. The maximum Gasteiger partial charge on any atom is 0.328 e. The third-order valence-corrected chi connectivity index (χ3v) is 3.68. The number of aromatic nitrogens is 2. The van der Waals surface area contributed by atoms with Crippen molar-refractivity contribution in [2.45, 2.75) is 25.3 Å². The van der Waals surface area contributed by atoms with E-state index in [9.17, 15) is 14.7 Å². The fraction of sp³-hybridized carbons (Fsp3) is 0.353. The summed E-state index contributed by atoms with van der Waals surface area (Å²) in [5, 5.41) is 12.3. The normalized spacial score (nSPS) is 11.6. The van der Waals surface area contributed by atoms with Crippen molar-refractivity contribution in [2.75, 3.05) is 14.2 Å².